The summed E-state index contributed by atoms with van der Waals surface area (Å²) in [5.41, 5.74) is 7.82. The second-order valence-corrected chi connectivity index (χ2v) is 4.31. The van der Waals surface area contributed by atoms with Gasteiger partial charge in [-0.05, 0) is 6.07 Å². The van der Waals surface area contributed by atoms with Crippen molar-refractivity contribution in [1.29, 1.82) is 0 Å². The molecule has 0 fully saturated rings. The summed E-state index contributed by atoms with van der Waals surface area (Å²) in [6.07, 6.45) is 0. The maximum Gasteiger partial charge on any atom is 0.196 e. The molecule has 0 aromatic heterocycles. The van der Waals surface area contributed by atoms with Crippen molar-refractivity contribution in [1.82, 2.24) is 0 Å². The molecule has 1 aliphatic rings. The fourth-order valence-electron chi connectivity index (χ4n) is 2.40. The minimum absolute atomic E-state index is 0.120. The molecule has 0 aliphatic heterocycles. The number of benzene rings is 2. The molecule has 0 saturated heterocycles. The van der Waals surface area contributed by atoms with E-state index in [1.807, 2.05) is 0 Å². The summed E-state index contributed by atoms with van der Waals surface area (Å²) in [5, 5.41) is 2.92. The zero-order chi connectivity index (χ0) is 13.4. The van der Waals surface area contributed by atoms with Crippen LogP contribution in [0.5, 0.6) is 0 Å². The van der Waals surface area contributed by atoms with Crippen LogP contribution in [0.4, 0.5) is 5.69 Å². The molecule has 94 valence electrons. The van der Waals surface area contributed by atoms with Gasteiger partial charge >= 0.3 is 0 Å². The first-order valence-electron chi connectivity index (χ1n) is 5.99. The Kier molecular flexibility index (Phi) is 2.65. The molecule has 0 saturated carbocycles. The molecule has 1 aliphatic carbocycles. The number of anilines is 1. The Bertz CT molecular complexity index is 692. The van der Waals surface area contributed by atoms with E-state index >= 15 is 0 Å². The van der Waals surface area contributed by atoms with Crippen LogP contribution >= 0.6 is 0 Å². The number of carbonyl (C=O) groups excluding carboxylic acids is 2. The Labute approximate surface area is 110 Å². The van der Waals surface area contributed by atoms with Crippen molar-refractivity contribution in [3.05, 3.63) is 64.7 Å². The fraction of sp³-hybridized carbons (Fsp3) is 0.0667. The maximum absolute atomic E-state index is 12.5. The van der Waals surface area contributed by atoms with E-state index in [0.717, 1.165) is 0 Å². The Morgan fingerprint density at radius 3 is 2.16 bits per heavy atom. The largest absolute Gasteiger partial charge is 0.372 e. The summed E-state index contributed by atoms with van der Waals surface area (Å²) in [7, 11) is 0. The third kappa shape index (κ3) is 1.65. The molecule has 4 nitrogen and oxygen atoms in total. The number of hydrogen-bond acceptors (Lipinski definition) is 4. The highest BCUT2D eigenvalue weighted by molar-refractivity contribution is 6.30. The molecule has 0 radical (unpaired) electrons. The van der Waals surface area contributed by atoms with Crippen molar-refractivity contribution in [3.8, 4) is 0 Å². The molecule has 3 N–H and O–H groups in total. The van der Waals surface area contributed by atoms with E-state index in [2.05, 4.69) is 5.32 Å². The average Bonchev–Trinajstić information content (AvgIpc) is 2.45. The maximum atomic E-state index is 12.5. The smallest absolute Gasteiger partial charge is 0.196 e. The summed E-state index contributed by atoms with van der Waals surface area (Å²) < 4.78 is 0. The molecule has 0 amide bonds. The number of fused-ring (bicyclic) bond motifs is 2. The zero-order valence-corrected chi connectivity index (χ0v) is 10.1. The van der Waals surface area contributed by atoms with E-state index in [9.17, 15) is 9.59 Å². The van der Waals surface area contributed by atoms with Gasteiger partial charge in [-0.25, -0.2) is 0 Å². The summed E-state index contributed by atoms with van der Waals surface area (Å²) in [6.45, 7) is 0.208. The second kappa shape index (κ2) is 4.33. The minimum Gasteiger partial charge on any atom is -0.372 e. The van der Waals surface area contributed by atoms with Crippen LogP contribution in [0, 0.1) is 0 Å². The van der Waals surface area contributed by atoms with Gasteiger partial charge in [0.15, 0.2) is 11.6 Å². The lowest BCUT2D eigenvalue weighted by molar-refractivity contribution is 0.0979. The molecule has 0 spiro atoms. The lowest BCUT2D eigenvalue weighted by Crippen LogP contribution is -2.23. The van der Waals surface area contributed by atoms with E-state index < -0.39 is 0 Å². The molecule has 2 aromatic rings. The quantitative estimate of drug-likeness (QED) is 0.682. The van der Waals surface area contributed by atoms with Crippen molar-refractivity contribution >= 4 is 17.3 Å². The van der Waals surface area contributed by atoms with E-state index in [-0.39, 0.29) is 18.2 Å². The molecule has 3 rings (SSSR count). The summed E-state index contributed by atoms with van der Waals surface area (Å²) >= 11 is 0. The van der Waals surface area contributed by atoms with Gasteiger partial charge in [-0.1, -0.05) is 36.4 Å². The number of nitrogens with two attached hydrogens (primary N) is 1. The third-order valence-electron chi connectivity index (χ3n) is 3.24. The average molecular weight is 252 g/mol. The standard InChI is InChI=1S/C15H12N2O2/c16-8-17-12-7-3-6-11-13(12)15(19)10-5-2-1-4-9(10)14(11)18/h1-7,17H,8,16H2. The van der Waals surface area contributed by atoms with Crippen LogP contribution in [-0.2, 0) is 0 Å². The van der Waals surface area contributed by atoms with Crippen molar-refractivity contribution in [2.45, 2.75) is 0 Å². The van der Waals surface area contributed by atoms with Crippen LogP contribution in [0.25, 0.3) is 0 Å². The monoisotopic (exact) mass is 252 g/mol. The summed E-state index contributed by atoms with van der Waals surface area (Å²) in [6, 6.07) is 12.1. The normalized spacial score (nSPS) is 12.9. The third-order valence-corrected chi connectivity index (χ3v) is 3.24. The molecule has 2 aromatic carbocycles. The topological polar surface area (TPSA) is 72.2 Å². The molecular weight excluding hydrogens is 240 g/mol. The molecule has 0 heterocycles. The van der Waals surface area contributed by atoms with E-state index in [1.165, 1.54) is 0 Å². The van der Waals surface area contributed by atoms with E-state index in [4.69, 9.17) is 5.73 Å². The molecular formula is C15H12N2O2. The predicted octanol–water partition coefficient (Wildman–Crippen LogP) is 1.79. The zero-order valence-electron chi connectivity index (χ0n) is 10.1. The Hall–Kier alpha value is -2.46. The van der Waals surface area contributed by atoms with Gasteiger partial charge in [0.05, 0.1) is 12.2 Å². The number of rotatable bonds is 2. The lowest BCUT2D eigenvalue weighted by Gasteiger charge is -2.20. The van der Waals surface area contributed by atoms with Gasteiger partial charge in [0.2, 0.25) is 0 Å². The fourth-order valence-corrected chi connectivity index (χ4v) is 2.40. The first kappa shape index (κ1) is 11.6. The van der Waals surface area contributed by atoms with Gasteiger partial charge in [-0.3, -0.25) is 9.59 Å². The van der Waals surface area contributed by atoms with Crippen molar-refractivity contribution < 1.29 is 9.59 Å². The highest BCUT2D eigenvalue weighted by atomic mass is 16.1. The van der Waals surface area contributed by atoms with Crippen molar-refractivity contribution in [3.63, 3.8) is 0 Å². The Morgan fingerprint density at radius 1 is 0.842 bits per heavy atom. The van der Waals surface area contributed by atoms with Crippen LogP contribution in [0.3, 0.4) is 0 Å². The lowest BCUT2D eigenvalue weighted by atomic mass is 9.83. The van der Waals surface area contributed by atoms with Gasteiger partial charge in [-0.15, -0.1) is 0 Å². The SMILES string of the molecule is NCNc1cccc2c1C(=O)c1ccccc1C2=O. The van der Waals surface area contributed by atoms with Crippen LogP contribution in [0.2, 0.25) is 0 Å². The van der Waals surface area contributed by atoms with Crippen LogP contribution in [0.15, 0.2) is 42.5 Å². The first-order valence-corrected chi connectivity index (χ1v) is 5.99. The molecule has 4 heteroatoms. The summed E-state index contributed by atoms with van der Waals surface area (Å²) in [5.74, 6) is -0.257. The number of hydrogen-bond donors (Lipinski definition) is 2. The van der Waals surface area contributed by atoms with Crippen LogP contribution < -0.4 is 11.1 Å². The highest BCUT2D eigenvalue weighted by Crippen LogP contribution is 2.31. The van der Waals surface area contributed by atoms with Crippen LogP contribution in [-0.4, -0.2) is 18.2 Å². The van der Waals surface area contributed by atoms with Crippen molar-refractivity contribution in [2.24, 2.45) is 5.73 Å². The second-order valence-electron chi connectivity index (χ2n) is 4.31. The number of carbonyl (C=O) groups is 2. The number of nitrogens with one attached hydrogen (secondary N) is 1. The molecule has 19 heavy (non-hydrogen) atoms. The van der Waals surface area contributed by atoms with Gasteiger partial charge < -0.3 is 11.1 Å². The molecule has 0 unspecified atom stereocenters. The van der Waals surface area contributed by atoms with Gasteiger partial charge in [0, 0.05) is 22.4 Å². The van der Waals surface area contributed by atoms with Gasteiger partial charge in [0.1, 0.15) is 0 Å². The minimum atomic E-state index is -0.137. The molecule has 0 bridgehead atoms. The van der Waals surface area contributed by atoms with Crippen molar-refractivity contribution in [2.75, 3.05) is 12.0 Å². The van der Waals surface area contributed by atoms with Crippen LogP contribution in [0.1, 0.15) is 31.8 Å². The number of ketones is 2. The van der Waals surface area contributed by atoms with Gasteiger partial charge in [0.25, 0.3) is 0 Å². The first-order chi connectivity index (χ1) is 9.24. The van der Waals surface area contributed by atoms with E-state index in [1.54, 1.807) is 42.5 Å². The Morgan fingerprint density at radius 2 is 1.47 bits per heavy atom. The predicted molar refractivity (Wildman–Crippen MR) is 72.4 cm³/mol. The van der Waals surface area contributed by atoms with E-state index in [0.29, 0.717) is 27.9 Å². The summed E-state index contributed by atoms with van der Waals surface area (Å²) in [4.78, 5) is 24.9. The highest BCUT2D eigenvalue weighted by Gasteiger charge is 2.30. The molecule has 0 atom stereocenters. The Balaban J connectivity index is 2.27. The van der Waals surface area contributed by atoms with Gasteiger partial charge in [-0.2, -0.15) is 0 Å².